The average molecular weight is 479 g/mol. The van der Waals surface area contributed by atoms with Gasteiger partial charge in [-0.3, -0.25) is 4.79 Å². The van der Waals surface area contributed by atoms with Crippen LogP contribution >= 0.6 is 22.7 Å². The van der Waals surface area contributed by atoms with E-state index in [-0.39, 0.29) is 11.9 Å². The number of benzene rings is 1. The summed E-state index contributed by atoms with van der Waals surface area (Å²) in [5, 5.41) is 12.6. The highest BCUT2D eigenvalue weighted by Crippen LogP contribution is 2.40. The van der Waals surface area contributed by atoms with Crippen LogP contribution in [0, 0.1) is 0 Å². The van der Waals surface area contributed by atoms with Gasteiger partial charge in [-0.15, -0.1) is 22.7 Å². The van der Waals surface area contributed by atoms with E-state index in [2.05, 4.69) is 5.32 Å². The Hall–Kier alpha value is -3.43. The molecular weight excluding hydrogens is 456 g/mol. The van der Waals surface area contributed by atoms with Crippen LogP contribution in [0.2, 0.25) is 0 Å². The molecule has 4 heterocycles. The first-order chi connectivity index (χ1) is 16.1. The van der Waals surface area contributed by atoms with E-state index in [0.29, 0.717) is 13.0 Å². The second-order valence-electron chi connectivity index (χ2n) is 7.55. The number of amides is 1. The number of furan rings is 1. The third kappa shape index (κ3) is 4.55. The summed E-state index contributed by atoms with van der Waals surface area (Å²) in [4.78, 5) is 18.2. The Bertz CT molecular complexity index is 1280. The Morgan fingerprint density at radius 3 is 2.82 bits per heavy atom. The van der Waals surface area contributed by atoms with Gasteiger partial charge < -0.3 is 14.5 Å². The van der Waals surface area contributed by atoms with E-state index >= 15 is 0 Å². The van der Waals surface area contributed by atoms with Crippen LogP contribution in [0.5, 0.6) is 5.75 Å². The minimum atomic E-state index is -0.0604. The first-order valence-electron chi connectivity index (χ1n) is 10.4. The molecule has 168 valence electrons. The number of nitrogens with one attached hydrogen (secondary N) is 1. The van der Waals surface area contributed by atoms with E-state index in [1.807, 2.05) is 58.9 Å². The van der Waals surface area contributed by atoms with Crippen molar-refractivity contribution in [2.75, 3.05) is 12.1 Å². The van der Waals surface area contributed by atoms with Gasteiger partial charge in [-0.2, -0.15) is 5.10 Å². The molecule has 1 aliphatic heterocycles. The zero-order chi connectivity index (χ0) is 22.8. The lowest BCUT2D eigenvalue weighted by Gasteiger charge is -2.18. The lowest BCUT2D eigenvalue weighted by Crippen LogP contribution is -2.18. The SMILES string of the molecule is COc1ccc(C2=NN(c3nc(-c4ccc(CNC(C)=O)s4)cs3)[C@@H](c3ccco3)C2)cc1. The Morgan fingerprint density at radius 2 is 2.09 bits per heavy atom. The van der Waals surface area contributed by atoms with Crippen LogP contribution in [-0.2, 0) is 11.3 Å². The number of carbonyl (C=O) groups is 1. The number of ether oxygens (including phenoxy) is 1. The normalized spacial score (nSPS) is 15.5. The number of hydrogen-bond donors (Lipinski definition) is 1. The summed E-state index contributed by atoms with van der Waals surface area (Å²) in [6.45, 7) is 2.05. The topological polar surface area (TPSA) is 80.0 Å². The summed E-state index contributed by atoms with van der Waals surface area (Å²) in [5.74, 6) is 1.63. The van der Waals surface area contributed by atoms with E-state index < -0.39 is 0 Å². The van der Waals surface area contributed by atoms with Crippen LogP contribution < -0.4 is 15.1 Å². The highest BCUT2D eigenvalue weighted by Gasteiger charge is 2.33. The Morgan fingerprint density at radius 1 is 1.24 bits per heavy atom. The predicted octanol–water partition coefficient (Wildman–Crippen LogP) is 5.47. The summed E-state index contributed by atoms with van der Waals surface area (Å²) in [5.41, 5.74) is 2.93. The second-order valence-corrected chi connectivity index (χ2v) is 9.55. The molecule has 1 amide bonds. The molecule has 7 nitrogen and oxygen atoms in total. The average Bonchev–Trinajstić information content (AvgIpc) is 3.62. The number of hydrazone groups is 1. The van der Waals surface area contributed by atoms with Gasteiger partial charge in [0.05, 0.1) is 36.2 Å². The van der Waals surface area contributed by atoms with Crippen LogP contribution in [0.3, 0.4) is 0 Å². The molecule has 3 aromatic heterocycles. The predicted molar refractivity (Wildman–Crippen MR) is 131 cm³/mol. The number of thiophene rings is 1. The molecule has 4 aromatic rings. The van der Waals surface area contributed by atoms with Crippen molar-refractivity contribution < 1.29 is 13.9 Å². The van der Waals surface area contributed by atoms with Crippen LogP contribution in [0.15, 0.2) is 69.7 Å². The van der Waals surface area contributed by atoms with E-state index in [1.165, 1.54) is 6.92 Å². The van der Waals surface area contributed by atoms with Crippen LogP contribution in [-0.4, -0.2) is 23.7 Å². The molecule has 9 heteroatoms. The molecule has 0 saturated carbocycles. The molecule has 0 unspecified atom stereocenters. The number of anilines is 1. The van der Waals surface area contributed by atoms with Crippen molar-refractivity contribution in [3.05, 3.63) is 76.4 Å². The van der Waals surface area contributed by atoms with E-state index in [4.69, 9.17) is 19.2 Å². The number of thiazole rings is 1. The summed E-state index contributed by atoms with van der Waals surface area (Å²) < 4.78 is 11.0. The van der Waals surface area contributed by atoms with E-state index in [0.717, 1.165) is 43.4 Å². The molecule has 0 fully saturated rings. The molecule has 1 N–H and O–H groups in total. The van der Waals surface area contributed by atoms with Gasteiger partial charge in [0.2, 0.25) is 11.0 Å². The molecular formula is C24H22N4O3S2. The maximum absolute atomic E-state index is 11.2. The summed E-state index contributed by atoms with van der Waals surface area (Å²) >= 11 is 3.18. The zero-order valence-corrected chi connectivity index (χ0v) is 19.8. The van der Waals surface area contributed by atoms with Crippen LogP contribution in [0.4, 0.5) is 5.13 Å². The van der Waals surface area contributed by atoms with Crippen LogP contribution in [0.25, 0.3) is 10.6 Å². The number of aromatic nitrogens is 1. The standard InChI is InChI=1S/C24H22N4O3S2/c1-15(29)25-13-18-9-10-23(33-18)20-14-32-24(26-20)28-21(22-4-3-11-31-22)12-19(27-28)16-5-7-17(30-2)8-6-16/h3-11,14,21H,12-13H2,1-2H3,(H,25,29)/t21-/m1/s1. The Balaban J connectivity index is 1.42. The summed E-state index contributed by atoms with van der Waals surface area (Å²) in [6.07, 6.45) is 2.41. The van der Waals surface area contributed by atoms with Gasteiger partial charge in [-0.05, 0) is 54.1 Å². The van der Waals surface area contributed by atoms with Crippen molar-refractivity contribution >= 4 is 39.4 Å². The quantitative estimate of drug-likeness (QED) is 0.381. The molecule has 33 heavy (non-hydrogen) atoms. The van der Waals surface area contributed by atoms with Gasteiger partial charge >= 0.3 is 0 Å². The smallest absolute Gasteiger partial charge is 0.217 e. The first kappa shape index (κ1) is 21.4. The molecule has 0 spiro atoms. The number of nitrogens with zero attached hydrogens (tertiary/aromatic N) is 3. The zero-order valence-electron chi connectivity index (χ0n) is 18.1. The first-order valence-corrected chi connectivity index (χ1v) is 12.1. The van der Waals surface area contributed by atoms with Gasteiger partial charge in [0.1, 0.15) is 17.6 Å². The molecule has 0 aliphatic carbocycles. The lowest BCUT2D eigenvalue weighted by atomic mass is 10.0. The highest BCUT2D eigenvalue weighted by atomic mass is 32.1. The third-order valence-electron chi connectivity index (χ3n) is 5.32. The largest absolute Gasteiger partial charge is 0.497 e. The number of carbonyl (C=O) groups excluding carboxylic acids is 1. The van der Waals surface area contributed by atoms with Crippen molar-refractivity contribution in [2.24, 2.45) is 5.10 Å². The van der Waals surface area contributed by atoms with Gasteiger partial charge in [0.25, 0.3) is 0 Å². The van der Waals surface area contributed by atoms with Crippen molar-refractivity contribution in [1.29, 1.82) is 0 Å². The highest BCUT2D eigenvalue weighted by molar-refractivity contribution is 7.17. The lowest BCUT2D eigenvalue weighted by molar-refractivity contribution is -0.119. The van der Waals surface area contributed by atoms with Crippen molar-refractivity contribution in [2.45, 2.75) is 25.9 Å². The van der Waals surface area contributed by atoms with Gasteiger partial charge in [-0.25, -0.2) is 9.99 Å². The van der Waals surface area contributed by atoms with E-state index in [1.54, 1.807) is 36.0 Å². The fraction of sp³-hybridized carbons (Fsp3) is 0.208. The molecule has 1 aliphatic rings. The minimum Gasteiger partial charge on any atom is -0.497 e. The maximum atomic E-state index is 11.2. The van der Waals surface area contributed by atoms with E-state index in [9.17, 15) is 4.79 Å². The molecule has 1 aromatic carbocycles. The van der Waals surface area contributed by atoms with Crippen molar-refractivity contribution in [3.8, 4) is 16.3 Å². The molecule has 0 bridgehead atoms. The minimum absolute atomic E-state index is 0.0376. The number of methoxy groups -OCH3 is 1. The van der Waals surface area contributed by atoms with Crippen molar-refractivity contribution in [3.63, 3.8) is 0 Å². The third-order valence-corrected chi connectivity index (χ3v) is 7.26. The molecule has 0 saturated heterocycles. The Labute approximate surface area is 199 Å². The number of hydrogen-bond acceptors (Lipinski definition) is 8. The fourth-order valence-electron chi connectivity index (χ4n) is 3.65. The second kappa shape index (κ2) is 9.21. The van der Waals surface area contributed by atoms with Crippen molar-refractivity contribution in [1.82, 2.24) is 10.3 Å². The molecule has 0 radical (unpaired) electrons. The number of rotatable bonds is 7. The monoisotopic (exact) mass is 478 g/mol. The molecule has 1 atom stereocenters. The van der Waals surface area contributed by atoms with Gasteiger partial charge in [-0.1, -0.05) is 0 Å². The van der Waals surface area contributed by atoms with Gasteiger partial charge in [0.15, 0.2) is 0 Å². The van der Waals surface area contributed by atoms with Crippen LogP contribution in [0.1, 0.15) is 35.6 Å². The summed E-state index contributed by atoms with van der Waals surface area (Å²) in [6, 6.07) is 15.8. The fourth-order valence-corrected chi connectivity index (χ4v) is 5.46. The molecule has 5 rings (SSSR count). The maximum Gasteiger partial charge on any atom is 0.217 e. The van der Waals surface area contributed by atoms with Gasteiger partial charge in [0, 0.05) is 23.6 Å². The Kier molecular flexibility index (Phi) is 5.97. The summed E-state index contributed by atoms with van der Waals surface area (Å²) in [7, 11) is 1.66.